The second-order valence-corrected chi connectivity index (χ2v) is 4.50. The Labute approximate surface area is 97.6 Å². The summed E-state index contributed by atoms with van der Waals surface area (Å²) in [7, 11) is 0. The van der Waals surface area contributed by atoms with E-state index >= 15 is 0 Å². The maximum atomic E-state index is 11.4. The predicted molar refractivity (Wildman–Crippen MR) is 63.8 cm³/mol. The molecule has 1 heterocycles. The zero-order valence-corrected chi connectivity index (χ0v) is 10.3. The maximum absolute atomic E-state index is 11.4. The molecule has 0 bridgehead atoms. The van der Waals surface area contributed by atoms with Gasteiger partial charge < -0.3 is 5.32 Å². The lowest BCUT2D eigenvalue weighted by Crippen LogP contribution is -2.31. The van der Waals surface area contributed by atoms with Gasteiger partial charge in [0, 0.05) is 17.2 Å². The van der Waals surface area contributed by atoms with Gasteiger partial charge in [0.05, 0.1) is 0 Å². The number of nitrogens with zero attached hydrogens (tertiary/aromatic N) is 1. The number of anilines is 1. The fourth-order valence-corrected chi connectivity index (χ4v) is 1.27. The van der Waals surface area contributed by atoms with Crippen molar-refractivity contribution in [2.45, 2.75) is 13.8 Å². The molecule has 4 nitrogen and oxygen atoms in total. The Morgan fingerprint density at radius 1 is 1.60 bits per heavy atom. The Kier molecular flexibility index (Phi) is 4.55. The Balaban J connectivity index is 2.44. The van der Waals surface area contributed by atoms with E-state index in [-0.39, 0.29) is 6.03 Å². The van der Waals surface area contributed by atoms with Crippen LogP contribution in [0.3, 0.4) is 0 Å². The minimum atomic E-state index is -0.227. The molecule has 0 aromatic carbocycles. The number of amides is 2. The fraction of sp³-hybridized carbons (Fsp3) is 0.400. The van der Waals surface area contributed by atoms with Gasteiger partial charge in [-0.15, -0.1) is 0 Å². The van der Waals surface area contributed by atoms with Gasteiger partial charge in [-0.1, -0.05) is 29.8 Å². The molecular formula is C10H14BrN3O. The van der Waals surface area contributed by atoms with Crippen molar-refractivity contribution in [3.63, 3.8) is 0 Å². The molecule has 1 aromatic rings. The van der Waals surface area contributed by atoms with Crippen LogP contribution in [0.25, 0.3) is 0 Å². The van der Waals surface area contributed by atoms with Crippen molar-refractivity contribution < 1.29 is 4.79 Å². The van der Waals surface area contributed by atoms with Crippen LogP contribution in [0, 0.1) is 5.92 Å². The molecule has 0 atom stereocenters. The number of urea groups is 1. The SMILES string of the molecule is CC(C)CNC(=O)Nc1cc(Br)ccn1. The van der Waals surface area contributed by atoms with Crippen LogP contribution in [0.15, 0.2) is 22.8 Å². The topological polar surface area (TPSA) is 54.0 Å². The fourth-order valence-electron chi connectivity index (χ4n) is 0.930. The van der Waals surface area contributed by atoms with E-state index in [1.165, 1.54) is 0 Å². The zero-order valence-electron chi connectivity index (χ0n) is 8.75. The molecule has 15 heavy (non-hydrogen) atoms. The van der Waals surface area contributed by atoms with E-state index in [4.69, 9.17) is 0 Å². The second-order valence-electron chi connectivity index (χ2n) is 3.59. The van der Waals surface area contributed by atoms with Gasteiger partial charge in [0.25, 0.3) is 0 Å². The van der Waals surface area contributed by atoms with Crippen molar-refractivity contribution in [2.75, 3.05) is 11.9 Å². The molecule has 0 unspecified atom stereocenters. The monoisotopic (exact) mass is 271 g/mol. The minimum Gasteiger partial charge on any atom is -0.338 e. The van der Waals surface area contributed by atoms with Gasteiger partial charge in [-0.25, -0.2) is 9.78 Å². The molecule has 0 aliphatic heterocycles. The van der Waals surface area contributed by atoms with Crippen molar-refractivity contribution >= 4 is 27.8 Å². The molecular weight excluding hydrogens is 258 g/mol. The highest BCUT2D eigenvalue weighted by Crippen LogP contribution is 2.12. The summed E-state index contributed by atoms with van der Waals surface area (Å²) in [5.74, 6) is 0.969. The summed E-state index contributed by atoms with van der Waals surface area (Å²) in [6.07, 6.45) is 1.63. The average Bonchev–Trinajstić information content (AvgIpc) is 2.15. The first-order valence-electron chi connectivity index (χ1n) is 4.74. The summed E-state index contributed by atoms with van der Waals surface area (Å²) in [5.41, 5.74) is 0. The number of carbonyl (C=O) groups is 1. The third kappa shape index (κ3) is 4.78. The minimum absolute atomic E-state index is 0.227. The number of halogens is 1. The van der Waals surface area contributed by atoms with E-state index in [1.807, 2.05) is 13.8 Å². The van der Waals surface area contributed by atoms with E-state index in [2.05, 4.69) is 31.5 Å². The number of hydrogen-bond acceptors (Lipinski definition) is 2. The first kappa shape index (κ1) is 12.0. The average molecular weight is 272 g/mol. The summed E-state index contributed by atoms with van der Waals surface area (Å²) in [6.45, 7) is 4.73. The molecule has 0 spiro atoms. The van der Waals surface area contributed by atoms with E-state index in [0.29, 0.717) is 18.3 Å². The van der Waals surface area contributed by atoms with Gasteiger partial charge in [-0.2, -0.15) is 0 Å². The van der Waals surface area contributed by atoms with Crippen LogP contribution in [-0.2, 0) is 0 Å². The van der Waals surface area contributed by atoms with Crippen LogP contribution >= 0.6 is 15.9 Å². The van der Waals surface area contributed by atoms with Crippen LogP contribution in [0.1, 0.15) is 13.8 Å². The Morgan fingerprint density at radius 2 is 2.33 bits per heavy atom. The highest BCUT2D eigenvalue weighted by atomic mass is 79.9. The lowest BCUT2D eigenvalue weighted by atomic mass is 10.2. The van der Waals surface area contributed by atoms with E-state index < -0.39 is 0 Å². The molecule has 0 saturated carbocycles. The van der Waals surface area contributed by atoms with E-state index in [9.17, 15) is 4.79 Å². The van der Waals surface area contributed by atoms with Crippen molar-refractivity contribution in [1.82, 2.24) is 10.3 Å². The number of pyridine rings is 1. The second kappa shape index (κ2) is 5.70. The Morgan fingerprint density at radius 3 is 2.93 bits per heavy atom. The summed E-state index contributed by atoms with van der Waals surface area (Å²) < 4.78 is 0.886. The zero-order chi connectivity index (χ0) is 11.3. The number of nitrogens with one attached hydrogen (secondary N) is 2. The van der Waals surface area contributed by atoms with Crippen LogP contribution < -0.4 is 10.6 Å². The van der Waals surface area contributed by atoms with E-state index in [1.54, 1.807) is 18.3 Å². The normalized spacial score (nSPS) is 10.1. The van der Waals surface area contributed by atoms with Gasteiger partial charge in [-0.05, 0) is 18.1 Å². The number of aromatic nitrogens is 1. The molecule has 0 aliphatic rings. The van der Waals surface area contributed by atoms with E-state index in [0.717, 1.165) is 4.47 Å². The molecule has 0 radical (unpaired) electrons. The summed E-state index contributed by atoms with van der Waals surface area (Å²) in [5, 5.41) is 5.39. The lowest BCUT2D eigenvalue weighted by molar-refractivity contribution is 0.251. The molecule has 1 rings (SSSR count). The van der Waals surface area contributed by atoms with Crippen LogP contribution in [0.5, 0.6) is 0 Å². The van der Waals surface area contributed by atoms with Gasteiger partial charge in [0.2, 0.25) is 0 Å². The maximum Gasteiger partial charge on any atom is 0.320 e. The standard InChI is InChI=1S/C10H14BrN3O/c1-7(2)6-13-10(15)14-9-5-8(11)3-4-12-9/h3-5,7H,6H2,1-2H3,(H2,12,13,14,15). The molecule has 0 aliphatic carbocycles. The first-order chi connectivity index (χ1) is 7.08. The largest absolute Gasteiger partial charge is 0.338 e. The van der Waals surface area contributed by atoms with Crippen molar-refractivity contribution in [3.05, 3.63) is 22.8 Å². The van der Waals surface area contributed by atoms with Crippen LogP contribution in [0.4, 0.5) is 10.6 Å². The third-order valence-corrected chi connectivity index (χ3v) is 2.13. The summed E-state index contributed by atoms with van der Waals surface area (Å²) in [6, 6.07) is 3.32. The van der Waals surface area contributed by atoms with Crippen molar-refractivity contribution in [2.24, 2.45) is 5.92 Å². The number of hydrogen-bond donors (Lipinski definition) is 2. The Hall–Kier alpha value is -1.10. The third-order valence-electron chi connectivity index (χ3n) is 1.63. The van der Waals surface area contributed by atoms with Crippen LogP contribution in [0.2, 0.25) is 0 Å². The summed E-state index contributed by atoms with van der Waals surface area (Å²) in [4.78, 5) is 15.4. The summed E-state index contributed by atoms with van der Waals surface area (Å²) >= 11 is 3.30. The highest BCUT2D eigenvalue weighted by Gasteiger charge is 2.03. The molecule has 5 heteroatoms. The van der Waals surface area contributed by atoms with Gasteiger partial charge >= 0.3 is 6.03 Å². The Bertz CT molecular complexity index is 341. The van der Waals surface area contributed by atoms with Gasteiger partial charge in [0.15, 0.2) is 0 Å². The smallest absolute Gasteiger partial charge is 0.320 e. The predicted octanol–water partition coefficient (Wildman–Crippen LogP) is 2.62. The highest BCUT2D eigenvalue weighted by molar-refractivity contribution is 9.10. The quantitative estimate of drug-likeness (QED) is 0.888. The van der Waals surface area contributed by atoms with Crippen molar-refractivity contribution in [3.8, 4) is 0 Å². The first-order valence-corrected chi connectivity index (χ1v) is 5.53. The molecule has 82 valence electrons. The van der Waals surface area contributed by atoms with Crippen molar-refractivity contribution in [1.29, 1.82) is 0 Å². The lowest BCUT2D eigenvalue weighted by Gasteiger charge is -2.08. The molecule has 2 amide bonds. The molecule has 0 fully saturated rings. The molecule has 1 aromatic heterocycles. The van der Waals surface area contributed by atoms with Gasteiger partial charge in [0.1, 0.15) is 5.82 Å². The van der Waals surface area contributed by atoms with Crippen LogP contribution in [-0.4, -0.2) is 17.6 Å². The number of rotatable bonds is 3. The molecule has 2 N–H and O–H groups in total. The number of carbonyl (C=O) groups excluding carboxylic acids is 1. The molecule has 0 saturated heterocycles. The van der Waals surface area contributed by atoms with Gasteiger partial charge in [-0.3, -0.25) is 5.32 Å².